The number of rotatable bonds is 6. The van der Waals surface area contributed by atoms with Crippen LogP contribution >= 0.6 is 23.2 Å². The molecular formula is C18H26Cl2N4. The van der Waals surface area contributed by atoms with Crippen molar-refractivity contribution in [1.82, 2.24) is 15.5 Å². The predicted octanol–water partition coefficient (Wildman–Crippen LogP) is 3.32. The summed E-state index contributed by atoms with van der Waals surface area (Å²) in [5, 5.41) is 7.99. The van der Waals surface area contributed by atoms with Gasteiger partial charge in [0.1, 0.15) is 0 Å². The summed E-state index contributed by atoms with van der Waals surface area (Å²) >= 11 is 12.5. The van der Waals surface area contributed by atoms with Gasteiger partial charge in [-0.25, -0.2) is 0 Å². The molecule has 132 valence electrons. The van der Waals surface area contributed by atoms with Crippen LogP contribution in [0.4, 0.5) is 5.69 Å². The summed E-state index contributed by atoms with van der Waals surface area (Å²) in [7, 11) is 0. The van der Waals surface area contributed by atoms with Crippen LogP contribution in [0.2, 0.25) is 10.0 Å². The third-order valence-corrected chi connectivity index (χ3v) is 5.63. The van der Waals surface area contributed by atoms with Gasteiger partial charge in [0.15, 0.2) is 0 Å². The molecule has 1 aromatic carbocycles. The number of unbranched alkanes of at least 4 members (excludes halogenated alkanes) is 1. The molecule has 0 bridgehead atoms. The smallest absolute Gasteiger partial charge is 0.0825 e. The van der Waals surface area contributed by atoms with Crippen LogP contribution in [0.25, 0.3) is 0 Å². The van der Waals surface area contributed by atoms with Crippen LogP contribution < -0.4 is 15.5 Å². The van der Waals surface area contributed by atoms with Crippen LogP contribution in [-0.4, -0.2) is 50.2 Å². The zero-order valence-electron chi connectivity index (χ0n) is 14.0. The van der Waals surface area contributed by atoms with E-state index in [4.69, 9.17) is 23.2 Å². The van der Waals surface area contributed by atoms with E-state index in [1.54, 1.807) is 0 Å². The number of nitrogens with one attached hydrogen (secondary N) is 2. The van der Waals surface area contributed by atoms with Crippen LogP contribution in [0, 0.1) is 0 Å². The maximum Gasteiger partial charge on any atom is 0.0825 e. The minimum atomic E-state index is 0.580. The fourth-order valence-electron chi connectivity index (χ4n) is 3.37. The fourth-order valence-corrected chi connectivity index (χ4v) is 3.79. The van der Waals surface area contributed by atoms with E-state index in [1.807, 2.05) is 24.5 Å². The van der Waals surface area contributed by atoms with E-state index in [0.717, 1.165) is 38.4 Å². The lowest BCUT2D eigenvalue weighted by molar-refractivity contribution is 0.250. The topological polar surface area (TPSA) is 30.5 Å². The highest BCUT2D eigenvalue weighted by atomic mass is 35.5. The van der Waals surface area contributed by atoms with Crippen LogP contribution in [0.1, 0.15) is 19.3 Å². The van der Waals surface area contributed by atoms with Crippen molar-refractivity contribution in [1.29, 1.82) is 0 Å². The number of benzene rings is 1. The quantitative estimate of drug-likeness (QED) is 0.754. The molecule has 24 heavy (non-hydrogen) atoms. The second kappa shape index (κ2) is 8.84. The summed E-state index contributed by atoms with van der Waals surface area (Å²) in [5.74, 6) is 0. The van der Waals surface area contributed by atoms with Gasteiger partial charge in [0.2, 0.25) is 0 Å². The van der Waals surface area contributed by atoms with Crippen LogP contribution in [-0.2, 0) is 0 Å². The number of anilines is 1. The first-order valence-corrected chi connectivity index (χ1v) is 9.55. The number of hydrogen-bond donors (Lipinski definition) is 2. The van der Waals surface area contributed by atoms with Crippen molar-refractivity contribution < 1.29 is 0 Å². The Bertz CT molecular complexity index is 556. The van der Waals surface area contributed by atoms with Crippen molar-refractivity contribution in [2.45, 2.75) is 25.3 Å². The Labute approximate surface area is 154 Å². The molecule has 1 saturated heterocycles. The second-order valence-corrected chi connectivity index (χ2v) is 7.29. The molecule has 1 atom stereocenters. The lowest BCUT2D eigenvalue weighted by Crippen LogP contribution is -2.46. The van der Waals surface area contributed by atoms with Crippen molar-refractivity contribution in [3.8, 4) is 0 Å². The largest absolute Gasteiger partial charge is 0.388 e. The lowest BCUT2D eigenvalue weighted by Gasteiger charge is -2.36. The zero-order valence-corrected chi connectivity index (χ0v) is 15.5. The van der Waals surface area contributed by atoms with Crippen molar-refractivity contribution in [2.75, 3.05) is 44.2 Å². The summed E-state index contributed by atoms with van der Waals surface area (Å²) in [6, 6.07) is 6.45. The van der Waals surface area contributed by atoms with E-state index in [9.17, 15) is 0 Å². The zero-order chi connectivity index (χ0) is 16.8. The standard InChI is InChI=1S/C18H26Cl2N4/c19-16-5-3-6-17(18(16)20)24-12-10-23(11-13-24)9-2-1-4-15-14-21-7-8-22-15/h3,5-8,15,21-22H,1-2,4,9-14H2. The highest BCUT2D eigenvalue weighted by Crippen LogP contribution is 2.32. The normalized spacial score (nSPS) is 21.4. The molecule has 0 aliphatic carbocycles. The summed E-state index contributed by atoms with van der Waals surface area (Å²) in [5.41, 5.74) is 1.06. The molecule has 6 heteroatoms. The molecule has 0 spiro atoms. The maximum absolute atomic E-state index is 6.34. The Morgan fingerprint density at radius 1 is 1.04 bits per heavy atom. The Kier molecular flexibility index (Phi) is 6.52. The molecule has 0 aromatic heterocycles. The van der Waals surface area contributed by atoms with Crippen LogP contribution in [0.3, 0.4) is 0 Å². The average Bonchev–Trinajstić information content (AvgIpc) is 2.63. The van der Waals surface area contributed by atoms with E-state index in [1.165, 1.54) is 25.8 Å². The predicted molar refractivity (Wildman–Crippen MR) is 103 cm³/mol. The van der Waals surface area contributed by atoms with E-state index < -0.39 is 0 Å². The Morgan fingerprint density at radius 3 is 2.62 bits per heavy atom. The molecule has 0 saturated carbocycles. The van der Waals surface area contributed by atoms with Gasteiger partial charge in [-0.05, 0) is 31.5 Å². The molecule has 1 fully saturated rings. The second-order valence-electron chi connectivity index (χ2n) is 6.50. The van der Waals surface area contributed by atoms with E-state index in [0.29, 0.717) is 16.1 Å². The van der Waals surface area contributed by atoms with E-state index in [-0.39, 0.29) is 0 Å². The van der Waals surface area contributed by atoms with Crippen molar-refractivity contribution in [3.63, 3.8) is 0 Å². The molecule has 1 aromatic rings. The highest BCUT2D eigenvalue weighted by Gasteiger charge is 2.19. The van der Waals surface area contributed by atoms with Gasteiger partial charge < -0.3 is 15.5 Å². The molecule has 1 unspecified atom stereocenters. The molecule has 2 heterocycles. The summed E-state index contributed by atoms with van der Waals surface area (Å²) < 4.78 is 0. The van der Waals surface area contributed by atoms with E-state index >= 15 is 0 Å². The Hall–Kier alpha value is -1.10. The molecule has 2 aliphatic rings. The lowest BCUT2D eigenvalue weighted by atomic mass is 10.1. The SMILES string of the molecule is Clc1cccc(N2CCN(CCCCC3CNC=CN3)CC2)c1Cl. The molecule has 4 nitrogen and oxygen atoms in total. The fraction of sp³-hybridized carbons (Fsp3) is 0.556. The van der Waals surface area contributed by atoms with Gasteiger partial charge in [-0.2, -0.15) is 0 Å². The number of hydrogen-bond acceptors (Lipinski definition) is 4. The Morgan fingerprint density at radius 2 is 1.88 bits per heavy atom. The van der Waals surface area contributed by atoms with Crippen LogP contribution in [0.5, 0.6) is 0 Å². The summed E-state index contributed by atoms with van der Waals surface area (Å²) in [6.45, 7) is 6.43. The van der Waals surface area contributed by atoms with Crippen molar-refractivity contribution in [3.05, 3.63) is 40.6 Å². The van der Waals surface area contributed by atoms with Gasteiger partial charge >= 0.3 is 0 Å². The number of nitrogens with zero attached hydrogens (tertiary/aromatic N) is 2. The number of halogens is 2. The first kappa shape index (κ1) is 17.7. The molecule has 3 rings (SSSR count). The van der Waals surface area contributed by atoms with Crippen molar-refractivity contribution in [2.24, 2.45) is 0 Å². The number of piperazine rings is 1. The van der Waals surface area contributed by atoms with Gasteiger partial charge in [-0.15, -0.1) is 0 Å². The first-order chi connectivity index (χ1) is 11.7. The van der Waals surface area contributed by atoms with Crippen LogP contribution in [0.15, 0.2) is 30.6 Å². The minimum Gasteiger partial charge on any atom is -0.388 e. The molecule has 2 aliphatic heterocycles. The molecule has 0 radical (unpaired) electrons. The molecule has 2 N–H and O–H groups in total. The Balaban J connectivity index is 1.36. The first-order valence-electron chi connectivity index (χ1n) is 8.80. The summed E-state index contributed by atoms with van der Waals surface area (Å²) in [6.07, 6.45) is 7.75. The third-order valence-electron chi connectivity index (χ3n) is 4.82. The average molecular weight is 369 g/mol. The monoisotopic (exact) mass is 368 g/mol. The van der Waals surface area contributed by atoms with Gasteiger partial charge in [-0.3, -0.25) is 4.90 Å². The minimum absolute atomic E-state index is 0.580. The highest BCUT2D eigenvalue weighted by molar-refractivity contribution is 6.43. The third kappa shape index (κ3) is 4.71. The van der Waals surface area contributed by atoms with Gasteiger partial charge in [0, 0.05) is 51.2 Å². The molecule has 0 amide bonds. The summed E-state index contributed by atoms with van der Waals surface area (Å²) in [4.78, 5) is 4.90. The van der Waals surface area contributed by atoms with Gasteiger partial charge in [-0.1, -0.05) is 35.7 Å². The van der Waals surface area contributed by atoms with Crippen molar-refractivity contribution >= 4 is 28.9 Å². The maximum atomic E-state index is 6.34. The molecular weight excluding hydrogens is 343 g/mol. The van der Waals surface area contributed by atoms with E-state index in [2.05, 4.69) is 26.5 Å². The van der Waals surface area contributed by atoms with Gasteiger partial charge in [0.05, 0.1) is 15.7 Å². The van der Waals surface area contributed by atoms with Gasteiger partial charge in [0.25, 0.3) is 0 Å².